The maximum Gasteiger partial charge on any atom is 0.336 e. The molecule has 5 rings (SSSR count). The standard InChI is InChI=1S/C27H23NO4/c1-18-7-11-21(12-8-18)28-24-17-32-27(30)26(24)23(15-25(28)29)20-9-13-22(14-10-20)31-16-19-5-3-2-4-6-19/h2-14,23H,15-17H2,1H3/t23-/m0/s1. The van der Waals surface area contributed by atoms with Crippen LogP contribution in [-0.4, -0.2) is 18.5 Å². The lowest BCUT2D eigenvalue weighted by Crippen LogP contribution is -2.37. The van der Waals surface area contributed by atoms with Crippen molar-refractivity contribution in [2.75, 3.05) is 11.5 Å². The Kier molecular flexibility index (Phi) is 5.23. The number of benzene rings is 3. The highest BCUT2D eigenvalue weighted by molar-refractivity contribution is 6.06. The second-order valence-electron chi connectivity index (χ2n) is 8.10. The minimum Gasteiger partial charge on any atom is -0.489 e. The first-order valence-electron chi connectivity index (χ1n) is 10.7. The number of aryl methyl sites for hydroxylation is 1. The molecule has 5 nitrogen and oxygen atoms in total. The molecule has 0 spiro atoms. The Balaban J connectivity index is 1.40. The van der Waals surface area contributed by atoms with Gasteiger partial charge in [0.2, 0.25) is 5.91 Å². The van der Waals surface area contributed by atoms with Crippen molar-refractivity contribution in [3.05, 3.63) is 107 Å². The minimum atomic E-state index is -0.348. The summed E-state index contributed by atoms with van der Waals surface area (Å²) in [7, 11) is 0. The van der Waals surface area contributed by atoms with Crippen molar-refractivity contribution in [1.29, 1.82) is 0 Å². The Bertz CT molecular complexity index is 1180. The predicted octanol–water partition coefficient (Wildman–Crippen LogP) is 4.91. The van der Waals surface area contributed by atoms with Gasteiger partial charge in [0.1, 0.15) is 19.0 Å². The van der Waals surface area contributed by atoms with Gasteiger partial charge in [0.05, 0.1) is 11.3 Å². The fourth-order valence-electron chi connectivity index (χ4n) is 4.27. The molecule has 5 heteroatoms. The summed E-state index contributed by atoms with van der Waals surface area (Å²) in [5, 5.41) is 0. The first kappa shape index (κ1) is 20.1. The third kappa shape index (κ3) is 3.78. The number of hydrogen-bond acceptors (Lipinski definition) is 4. The van der Waals surface area contributed by atoms with E-state index in [9.17, 15) is 9.59 Å². The summed E-state index contributed by atoms with van der Waals surface area (Å²) in [6.07, 6.45) is 0.214. The van der Waals surface area contributed by atoms with Crippen molar-refractivity contribution in [1.82, 2.24) is 0 Å². The van der Waals surface area contributed by atoms with Crippen molar-refractivity contribution in [3.8, 4) is 5.75 Å². The van der Waals surface area contributed by atoms with Gasteiger partial charge in [-0.25, -0.2) is 4.79 Å². The lowest BCUT2D eigenvalue weighted by molar-refractivity contribution is -0.136. The Hall–Kier alpha value is -3.86. The van der Waals surface area contributed by atoms with Gasteiger partial charge in [-0.05, 0) is 42.3 Å². The zero-order valence-electron chi connectivity index (χ0n) is 17.8. The summed E-state index contributed by atoms with van der Waals surface area (Å²) in [6.45, 7) is 2.59. The van der Waals surface area contributed by atoms with Crippen LogP contribution in [0.3, 0.4) is 0 Å². The first-order valence-corrected chi connectivity index (χ1v) is 10.7. The van der Waals surface area contributed by atoms with Crippen LogP contribution < -0.4 is 9.64 Å². The fraction of sp³-hybridized carbons (Fsp3) is 0.185. The van der Waals surface area contributed by atoms with Crippen molar-refractivity contribution < 1.29 is 19.1 Å². The molecular formula is C27H23NO4. The van der Waals surface area contributed by atoms with Crippen LogP contribution in [0.2, 0.25) is 0 Å². The molecule has 0 radical (unpaired) electrons. The Labute approximate surface area is 186 Å². The number of amides is 1. The highest BCUT2D eigenvalue weighted by Crippen LogP contribution is 2.42. The normalized spacial score (nSPS) is 17.9. The highest BCUT2D eigenvalue weighted by atomic mass is 16.5. The van der Waals surface area contributed by atoms with Crippen molar-refractivity contribution in [2.45, 2.75) is 25.9 Å². The maximum absolute atomic E-state index is 13.1. The first-order chi connectivity index (χ1) is 15.6. The molecule has 2 heterocycles. The number of nitrogens with zero attached hydrogens (tertiary/aromatic N) is 1. The molecule has 0 saturated carbocycles. The van der Waals surface area contributed by atoms with Crippen LogP contribution in [0.1, 0.15) is 29.0 Å². The molecule has 0 N–H and O–H groups in total. The largest absolute Gasteiger partial charge is 0.489 e. The number of anilines is 1. The summed E-state index contributed by atoms with van der Waals surface area (Å²) in [5.41, 5.74) is 5.08. The fourth-order valence-corrected chi connectivity index (χ4v) is 4.27. The summed E-state index contributed by atoms with van der Waals surface area (Å²) in [6, 6.07) is 25.3. The van der Waals surface area contributed by atoms with Crippen LogP contribution in [-0.2, 0) is 20.9 Å². The third-order valence-electron chi connectivity index (χ3n) is 5.94. The van der Waals surface area contributed by atoms with Crippen LogP contribution >= 0.6 is 0 Å². The quantitative estimate of drug-likeness (QED) is 0.546. The molecule has 0 saturated heterocycles. The van der Waals surface area contributed by atoms with Crippen molar-refractivity contribution in [2.24, 2.45) is 0 Å². The van der Waals surface area contributed by atoms with E-state index in [0.717, 1.165) is 28.1 Å². The molecule has 3 aromatic carbocycles. The van der Waals surface area contributed by atoms with E-state index in [4.69, 9.17) is 9.47 Å². The number of cyclic esters (lactones) is 1. The second kappa shape index (κ2) is 8.35. The molecule has 0 bridgehead atoms. The monoisotopic (exact) mass is 425 g/mol. The Morgan fingerprint density at radius 2 is 1.66 bits per heavy atom. The van der Waals surface area contributed by atoms with Gasteiger partial charge in [-0.3, -0.25) is 9.69 Å². The molecule has 0 unspecified atom stereocenters. The lowest BCUT2D eigenvalue weighted by atomic mass is 9.84. The van der Waals surface area contributed by atoms with Crippen LogP contribution in [0.15, 0.2) is 90.1 Å². The van der Waals surface area contributed by atoms with Crippen LogP contribution in [0, 0.1) is 6.92 Å². The Morgan fingerprint density at radius 3 is 2.38 bits per heavy atom. The molecule has 0 fully saturated rings. The van der Waals surface area contributed by atoms with Gasteiger partial charge in [-0.15, -0.1) is 0 Å². The summed E-state index contributed by atoms with van der Waals surface area (Å²) < 4.78 is 11.2. The van der Waals surface area contributed by atoms with E-state index < -0.39 is 0 Å². The summed E-state index contributed by atoms with van der Waals surface area (Å²) in [4.78, 5) is 27.4. The SMILES string of the molecule is Cc1ccc(N2C(=O)C[C@@H](c3ccc(OCc4ccccc4)cc3)C3=C2COC3=O)cc1. The van der Waals surface area contributed by atoms with Crippen LogP contribution in [0.4, 0.5) is 5.69 Å². The molecule has 0 aliphatic carbocycles. The topological polar surface area (TPSA) is 55.8 Å². The lowest BCUT2D eigenvalue weighted by Gasteiger charge is -2.32. The number of ether oxygens (including phenoxy) is 2. The van der Waals surface area contributed by atoms with Gasteiger partial charge in [0.15, 0.2) is 0 Å². The van der Waals surface area contributed by atoms with E-state index >= 15 is 0 Å². The van der Waals surface area contributed by atoms with Crippen LogP contribution in [0.25, 0.3) is 0 Å². The van der Waals surface area contributed by atoms with E-state index in [-0.39, 0.29) is 30.8 Å². The Morgan fingerprint density at radius 1 is 0.938 bits per heavy atom. The predicted molar refractivity (Wildman–Crippen MR) is 121 cm³/mol. The third-order valence-corrected chi connectivity index (χ3v) is 5.94. The molecular weight excluding hydrogens is 402 g/mol. The van der Waals surface area contributed by atoms with E-state index in [1.54, 1.807) is 4.90 Å². The number of rotatable bonds is 5. The molecule has 32 heavy (non-hydrogen) atoms. The van der Waals surface area contributed by atoms with Crippen molar-refractivity contribution in [3.63, 3.8) is 0 Å². The van der Waals surface area contributed by atoms with Crippen molar-refractivity contribution >= 4 is 17.6 Å². The molecule has 160 valence electrons. The van der Waals surface area contributed by atoms with Gasteiger partial charge in [-0.1, -0.05) is 60.2 Å². The minimum absolute atomic E-state index is 0.0414. The summed E-state index contributed by atoms with van der Waals surface area (Å²) in [5.74, 6) is 0.0286. The van der Waals surface area contributed by atoms with Gasteiger partial charge in [0, 0.05) is 18.0 Å². The summed E-state index contributed by atoms with van der Waals surface area (Å²) >= 11 is 0. The molecule has 0 aromatic heterocycles. The van der Waals surface area contributed by atoms with E-state index in [2.05, 4.69) is 0 Å². The molecule has 3 aromatic rings. The van der Waals surface area contributed by atoms with Gasteiger partial charge >= 0.3 is 5.97 Å². The molecule has 2 aliphatic heterocycles. The molecule has 2 aliphatic rings. The molecule has 1 atom stereocenters. The zero-order valence-corrected chi connectivity index (χ0v) is 17.8. The number of hydrogen-bond donors (Lipinski definition) is 0. The number of carbonyl (C=O) groups excluding carboxylic acids is 2. The van der Waals surface area contributed by atoms with Crippen LogP contribution in [0.5, 0.6) is 5.75 Å². The van der Waals surface area contributed by atoms with Gasteiger partial charge < -0.3 is 9.47 Å². The maximum atomic E-state index is 13.1. The van der Waals surface area contributed by atoms with E-state index in [0.29, 0.717) is 17.9 Å². The van der Waals surface area contributed by atoms with Gasteiger partial charge in [-0.2, -0.15) is 0 Å². The second-order valence-corrected chi connectivity index (χ2v) is 8.10. The molecule has 1 amide bonds. The number of esters is 1. The highest BCUT2D eigenvalue weighted by Gasteiger charge is 2.42. The smallest absolute Gasteiger partial charge is 0.336 e. The number of carbonyl (C=O) groups is 2. The average molecular weight is 425 g/mol. The zero-order chi connectivity index (χ0) is 22.1. The van der Waals surface area contributed by atoms with E-state index in [1.807, 2.05) is 85.8 Å². The average Bonchev–Trinajstić information content (AvgIpc) is 3.20. The van der Waals surface area contributed by atoms with E-state index in [1.165, 1.54) is 0 Å². The van der Waals surface area contributed by atoms with Gasteiger partial charge in [0.25, 0.3) is 0 Å².